The number of H-pyrrole nitrogens is 1. The average Bonchev–Trinajstić information content (AvgIpc) is 2.38. The highest BCUT2D eigenvalue weighted by molar-refractivity contribution is 7.80. The zero-order chi connectivity index (χ0) is 13.1. The third-order valence-electron chi connectivity index (χ3n) is 3.26. The summed E-state index contributed by atoms with van der Waals surface area (Å²) in [6.07, 6.45) is 1.43. The lowest BCUT2D eigenvalue weighted by Gasteiger charge is -2.38. The molecule has 98 valence electrons. The number of rotatable bonds is 3. The molecule has 18 heavy (non-hydrogen) atoms. The van der Waals surface area contributed by atoms with Gasteiger partial charge in [-0.3, -0.25) is 9.69 Å². The second-order valence-corrected chi connectivity index (χ2v) is 4.84. The maximum atomic E-state index is 11.2. The fraction of sp³-hybridized carbons (Fsp3) is 0.545. The average molecular weight is 267 g/mol. The van der Waals surface area contributed by atoms with Crippen LogP contribution in [0.25, 0.3) is 0 Å². The van der Waals surface area contributed by atoms with Crippen molar-refractivity contribution in [3.63, 3.8) is 0 Å². The van der Waals surface area contributed by atoms with Gasteiger partial charge in [0.2, 0.25) is 0 Å². The number of nitrogens with zero attached hydrogens (tertiary/aromatic N) is 3. The van der Waals surface area contributed by atoms with Crippen LogP contribution in [0.15, 0.2) is 17.2 Å². The molecular formula is C11H17N5OS. The summed E-state index contributed by atoms with van der Waals surface area (Å²) in [4.78, 5) is 22.8. The van der Waals surface area contributed by atoms with Crippen LogP contribution >= 0.6 is 12.2 Å². The number of aromatic nitrogens is 2. The van der Waals surface area contributed by atoms with Crippen LogP contribution in [0.2, 0.25) is 0 Å². The van der Waals surface area contributed by atoms with Crippen molar-refractivity contribution in [2.24, 2.45) is 5.73 Å². The molecule has 0 amide bonds. The van der Waals surface area contributed by atoms with Crippen LogP contribution in [-0.4, -0.2) is 52.1 Å². The van der Waals surface area contributed by atoms with Crippen LogP contribution in [0.4, 0.5) is 5.82 Å². The van der Waals surface area contributed by atoms with E-state index in [4.69, 9.17) is 18.0 Å². The largest absolute Gasteiger partial charge is 0.392 e. The molecule has 0 spiro atoms. The van der Waals surface area contributed by atoms with Gasteiger partial charge in [0.15, 0.2) is 0 Å². The first-order valence-electron chi connectivity index (χ1n) is 5.91. The predicted octanol–water partition coefficient (Wildman–Crippen LogP) is -0.433. The molecule has 1 aromatic heterocycles. The van der Waals surface area contributed by atoms with Crippen molar-refractivity contribution in [1.29, 1.82) is 0 Å². The first kappa shape index (κ1) is 13.0. The third-order valence-corrected chi connectivity index (χ3v) is 3.60. The van der Waals surface area contributed by atoms with Crippen molar-refractivity contribution in [2.45, 2.75) is 13.0 Å². The molecule has 0 radical (unpaired) electrons. The van der Waals surface area contributed by atoms with E-state index < -0.39 is 0 Å². The molecule has 2 rings (SSSR count). The van der Waals surface area contributed by atoms with Gasteiger partial charge in [0.05, 0.1) is 17.4 Å². The van der Waals surface area contributed by atoms with E-state index in [1.54, 1.807) is 0 Å². The van der Waals surface area contributed by atoms with E-state index in [0.29, 0.717) is 4.99 Å². The van der Waals surface area contributed by atoms with Gasteiger partial charge in [-0.25, -0.2) is 4.98 Å². The van der Waals surface area contributed by atoms with E-state index in [1.165, 1.54) is 12.4 Å². The number of aromatic amines is 1. The van der Waals surface area contributed by atoms with Crippen molar-refractivity contribution in [3.05, 3.63) is 22.7 Å². The lowest BCUT2D eigenvalue weighted by molar-refractivity contribution is 0.238. The number of piperazine rings is 1. The lowest BCUT2D eigenvalue weighted by atomic mass is 10.2. The SMILES string of the molecule is CC(C(N)=S)N1CCN(c2cc(=O)[nH]cn2)CC1. The van der Waals surface area contributed by atoms with Crippen molar-refractivity contribution >= 4 is 23.0 Å². The molecular weight excluding hydrogens is 250 g/mol. The van der Waals surface area contributed by atoms with Crippen molar-refractivity contribution in [3.8, 4) is 0 Å². The van der Waals surface area contributed by atoms with E-state index in [1.807, 2.05) is 6.92 Å². The smallest absolute Gasteiger partial charge is 0.252 e. The molecule has 1 fully saturated rings. The quantitative estimate of drug-likeness (QED) is 0.723. The maximum Gasteiger partial charge on any atom is 0.252 e. The Morgan fingerprint density at radius 1 is 1.50 bits per heavy atom. The number of nitrogens with two attached hydrogens (primary N) is 1. The Bertz CT molecular complexity index is 480. The highest BCUT2D eigenvalue weighted by Crippen LogP contribution is 2.12. The summed E-state index contributed by atoms with van der Waals surface area (Å²) in [5.74, 6) is 0.723. The maximum absolute atomic E-state index is 11.2. The van der Waals surface area contributed by atoms with Crippen LogP contribution in [0.5, 0.6) is 0 Å². The summed E-state index contributed by atoms with van der Waals surface area (Å²) in [6, 6.07) is 1.64. The number of nitrogens with one attached hydrogen (secondary N) is 1. The zero-order valence-electron chi connectivity index (χ0n) is 10.3. The molecule has 1 aliphatic rings. The molecule has 6 nitrogen and oxygen atoms in total. The first-order valence-corrected chi connectivity index (χ1v) is 6.32. The molecule has 0 aliphatic carbocycles. The highest BCUT2D eigenvalue weighted by Gasteiger charge is 2.23. The fourth-order valence-corrected chi connectivity index (χ4v) is 2.20. The zero-order valence-corrected chi connectivity index (χ0v) is 11.1. The van der Waals surface area contributed by atoms with Gasteiger partial charge in [0.1, 0.15) is 5.82 Å². The van der Waals surface area contributed by atoms with E-state index >= 15 is 0 Å². The summed E-state index contributed by atoms with van der Waals surface area (Å²) < 4.78 is 0. The highest BCUT2D eigenvalue weighted by atomic mass is 32.1. The van der Waals surface area contributed by atoms with Crippen molar-refractivity contribution < 1.29 is 0 Å². The van der Waals surface area contributed by atoms with E-state index in [0.717, 1.165) is 32.0 Å². The Morgan fingerprint density at radius 3 is 2.72 bits per heavy atom. The Labute approximate surface area is 111 Å². The molecule has 1 unspecified atom stereocenters. The summed E-state index contributed by atoms with van der Waals surface area (Å²) in [7, 11) is 0. The van der Waals surface area contributed by atoms with E-state index in [-0.39, 0.29) is 11.6 Å². The number of hydrogen-bond acceptors (Lipinski definition) is 5. The number of thiocarbonyl (C=S) groups is 1. The Balaban J connectivity index is 1.98. The van der Waals surface area contributed by atoms with Crippen molar-refractivity contribution in [1.82, 2.24) is 14.9 Å². The number of hydrogen-bond donors (Lipinski definition) is 2. The lowest BCUT2D eigenvalue weighted by Crippen LogP contribution is -2.53. The molecule has 0 saturated carbocycles. The Kier molecular flexibility index (Phi) is 3.93. The molecule has 0 aromatic carbocycles. The Hall–Kier alpha value is -1.47. The van der Waals surface area contributed by atoms with E-state index in [2.05, 4.69) is 19.8 Å². The number of anilines is 1. The standard InChI is InChI=1S/C11H17N5OS/c1-8(11(12)18)15-2-4-16(5-3-15)9-6-10(17)14-7-13-9/h6-8H,2-5H2,1H3,(H2,12,18)(H,13,14,17). The van der Waals surface area contributed by atoms with Crippen molar-refractivity contribution in [2.75, 3.05) is 31.1 Å². The van der Waals surface area contributed by atoms with Gasteiger partial charge in [-0.15, -0.1) is 0 Å². The monoisotopic (exact) mass is 267 g/mol. The molecule has 1 atom stereocenters. The van der Waals surface area contributed by atoms with Crippen LogP contribution in [0.3, 0.4) is 0 Å². The molecule has 1 aromatic rings. The molecule has 2 heterocycles. The van der Waals surface area contributed by atoms with Gasteiger partial charge >= 0.3 is 0 Å². The van der Waals surface area contributed by atoms with Gasteiger partial charge in [0.25, 0.3) is 5.56 Å². The summed E-state index contributed by atoms with van der Waals surface area (Å²) >= 11 is 5.00. The van der Waals surface area contributed by atoms with Crippen LogP contribution in [0, 0.1) is 0 Å². The first-order chi connectivity index (χ1) is 8.58. The summed E-state index contributed by atoms with van der Waals surface area (Å²) in [5.41, 5.74) is 5.52. The van der Waals surface area contributed by atoms with Gasteiger partial charge in [-0.1, -0.05) is 12.2 Å². The summed E-state index contributed by atoms with van der Waals surface area (Å²) in [6.45, 7) is 5.40. The second-order valence-electron chi connectivity index (χ2n) is 4.37. The van der Waals surface area contributed by atoms with E-state index in [9.17, 15) is 4.79 Å². The molecule has 0 bridgehead atoms. The minimum absolute atomic E-state index is 0.120. The van der Waals surface area contributed by atoms with Crippen LogP contribution < -0.4 is 16.2 Å². The third kappa shape index (κ3) is 2.85. The minimum Gasteiger partial charge on any atom is -0.392 e. The fourth-order valence-electron chi connectivity index (χ4n) is 2.05. The minimum atomic E-state index is -0.126. The van der Waals surface area contributed by atoms with Crippen LogP contribution in [0.1, 0.15) is 6.92 Å². The van der Waals surface area contributed by atoms with Gasteiger partial charge < -0.3 is 15.6 Å². The van der Waals surface area contributed by atoms with Gasteiger partial charge in [0, 0.05) is 32.2 Å². The topological polar surface area (TPSA) is 78.2 Å². The second kappa shape index (κ2) is 5.45. The molecule has 7 heteroatoms. The Morgan fingerprint density at radius 2 is 2.17 bits per heavy atom. The predicted molar refractivity (Wildman–Crippen MR) is 74.9 cm³/mol. The molecule has 1 aliphatic heterocycles. The summed E-state index contributed by atoms with van der Waals surface area (Å²) in [5, 5.41) is 0. The van der Waals surface area contributed by atoms with Crippen LogP contribution in [-0.2, 0) is 0 Å². The van der Waals surface area contributed by atoms with Gasteiger partial charge in [-0.2, -0.15) is 0 Å². The van der Waals surface area contributed by atoms with Gasteiger partial charge in [-0.05, 0) is 6.92 Å². The normalized spacial score (nSPS) is 18.6. The molecule has 3 N–H and O–H groups in total. The molecule has 1 saturated heterocycles.